The lowest BCUT2D eigenvalue weighted by Crippen LogP contribution is -2.60. The normalized spacial score (nSPS) is 35.8. The van der Waals surface area contributed by atoms with Crippen LogP contribution in [0.2, 0.25) is 0 Å². The fourth-order valence-electron chi connectivity index (χ4n) is 2.33. The van der Waals surface area contributed by atoms with Crippen molar-refractivity contribution in [1.82, 2.24) is 0 Å². The van der Waals surface area contributed by atoms with E-state index in [2.05, 4.69) is 12.8 Å². The molecule has 0 unspecified atom stereocenters. The molecule has 0 radical (unpaired) electrons. The van der Waals surface area contributed by atoms with E-state index in [9.17, 15) is 0 Å². The van der Waals surface area contributed by atoms with Crippen molar-refractivity contribution in [2.45, 2.75) is 32.2 Å². The van der Waals surface area contributed by atoms with Gasteiger partial charge in [0.15, 0.2) is 0 Å². The van der Waals surface area contributed by atoms with Gasteiger partial charge in [0.25, 0.3) is 5.97 Å². The summed E-state index contributed by atoms with van der Waals surface area (Å²) in [6, 6.07) is 0. The average molecular weight is 240 g/mol. The fraction of sp³-hybridized carbons (Fsp3) is 0.846. The van der Waals surface area contributed by atoms with Crippen LogP contribution in [0.3, 0.4) is 0 Å². The third kappa shape index (κ3) is 2.80. The Morgan fingerprint density at radius 2 is 1.82 bits per heavy atom. The van der Waals surface area contributed by atoms with Crippen LogP contribution in [0.15, 0.2) is 0 Å². The van der Waals surface area contributed by atoms with Crippen molar-refractivity contribution < 1.29 is 18.9 Å². The van der Waals surface area contributed by atoms with E-state index in [4.69, 9.17) is 25.4 Å². The molecule has 0 amide bonds. The molecule has 3 heterocycles. The predicted molar refractivity (Wildman–Crippen MR) is 62.2 cm³/mol. The lowest BCUT2D eigenvalue weighted by Gasteiger charge is -2.51. The van der Waals surface area contributed by atoms with Crippen molar-refractivity contribution >= 4 is 0 Å². The zero-order valence-corrected chi connectivity index (χ0v) is 10.4. The summed E-state index contributed by atoms with van der Waals surface area (Å²) in [4.78, 5) is 0. The molecule has 3 saturated heterocycles. The number of hydrogen-bond donors (Lipinski definition) is 0. The van der Waals surface area contributed by atoms with Gasteiger partial charge in [0, 0.05) is 5.41 Å². The Labute approximate surface area is 103 Å². The predicted octanol–water partition coefficient (Wildman–Crippen LogP) is 1.54. The highest BCUT2D eigenvalue weighted by molar-refractivity contribution is 4.88. The van der Waals surface area contributed by atoms with Crippen LogP contribution in [0.1, 0.15) is 26.2 Å². The van der Waals surface area contributed by atoms with Crippen LogP contribution in [-0.2, 0) is 18.9 Å². The van der Waals surface area contributed by atoms with E-state index in [0.717, 1.165) is 32.7 Å². The molecule has 0 aromatic carbocycles. The molecule has 0 spiro atoms. The summed E-state index contributed by atoms with van der Waals surface area (Å²) in [7, 11) is 0. The number of ether oxygens (including phenoxy) is 4. The Morgan fingerprint density at radius 1 is 1.18 bits per heavy atom. The van der Waals surface area contributed by atoms with E-state index in [1.54, 1.807) is 0 Å². The van der Waals surface area contributed by atoms with Gasteiger partial charge in [0.1, 0.15) is 6.61 Å². The molecular formula is C13H20O4. The van der Waals surface area contributed by atoms with Gasteiger partial charge in [-0.15, -0.1) is 6.42 Å². The molecule has 3 aliphatic heterocycles. The number of rotatable bonds is 6. The van der Waals surface area contributed by atoms with Gasteiger partial charge in [0.2, 0.25) is 0 Å². The minimum atomic E-state index is -0.885. The smallest absolute Gasteiger partial charge is 0.285 e. The molecule has 0 N–H and O–H groups in total. The van der Waals surface area contributed by atoms with Crippen LogP contribution in [0, 0.1) is 17.8 Å². The molecule has 0 saturated carbocycles. The molecule has 0 atom stereocenters. The Morgan fingerprint density at radius 3 is 2.35 bits per heavy atom. The Hall–Kier alpha value is -0.600. The Balaban J connectivity index is 1.80. The van der Waals surface area contributed by atoms with Crippen molar-refractivity contribution in [3.63, 3.8) is 0 Å². The van der Waals surface area contributed by atoms with E-state index in [1.165, 1.54) is 0 Å². The van der Waals surface area contributed by atoms with Crippen LogP contribution in [-0.4, -0.2) is 39.0 Å². The van der Waals surface area contributed by atoms with Gasteiger partial charge in [-0.1, -0.05) is 19.3 Å². The Bertz CT molecular complexity index is 270. The molecule has 4 heteroatoms. The monoisotopic (exact) mass is 240 g/mol. The molecule has 4 nitrogen and oxygen atoms in total. The highest BCUT2D eigenvalue weighted by Gasteiger charge is 2.51. The summed E-state index contributed by atoms with van der Waals surface area (Å²) in [5.74, 6) is 1.54. The summed E-state index contributed by atoms with van der Waals surface area (Å²) in [5, 5.41) is 0. The average Bonchev–Trinajstić information content (AvgIpc) is 2.38. The molecule has 2 bridgehead atoms. The second-order valence-corrected chi connectivity index (χ2v) is 4.81. The first-order valence-electron chi connectivity index (χ1n) is 6.17. The van der Waals surface area contributed by atoms with E-state index < -0.39 is 5.97 Å². The highest BCUT2D eigenvalue weighted by Crippen LogP contribution is 2.42. The first-order valence-corrected chi connectivity index (χ1v) is 6.17. The van der Waals surface area contributed by atoms with Gasteiger partial charge in [0.05, 0.1) is 32.8 Å². The first kappa shape index (κ1) is 12.8. The Kier molecular flexibility index (Phi) is 4.05. The quantitative estimate of drug-likeness (QED) is 0.521. The van der Waals surface area contributed by atoms with Gasteiger partial charge >= 0.3 is 0 Å². The van der Waals surface area contributed by atoms with Crippen LogP contribution in [0.4, 0.5) is 0 Å². The maximum absolute atomic E-state index is 5.72. The topological polar surface area (TPSA) is 36.9 Å². The van der Waals surface area contributed by atoms with Gasteiger partial charge in [-0.25, -0.2) is 0 Å². The molecule has 0 aromatic rings. The molecule has 96 valence electrons. The number of fused-ring (bicyclic) bond motifs is 3. The molecule has 3 rings (SSSR count). The third-order valence-electron chi connectivity index (χ3n) is 3.31. The zero-order valence-electron chi connectivity index (χ0n) is 10.4. The summed E-state index contributed by atoms with van der Waals surface area (Å²) in [6.45, 7) is 5.13. The number of hydrogen-bond acceptors (Lipinski definition) is 4. The minimum absolute atomic E-state index is 0.0656. The van der Waals surface area contributed by atoms with Crippen LogP contribution in [0.5, 0.6) is 0 Å². The van der Waals surface area contributed by atoms with Crippen LogP contribution < -0.4 is 0 Å². The number of terminal acetylenes is 1. The van der Waals surface area contributed by atoms with E-state index >= 15 is 0 Å². The van der Waals surface area contributed by atoms with Gasteiger partial charge < -0.3 is 18.9 Å². The van der Waals surface area contributed by atoms with Crippen LogP contribution in [0.25, 0.3) is 0 Å². The molecule has 3 fully saturated rings. The largest absolute Gasteiger partial charge is 0.368 e. The minimum Gasteiger partial charge on any atom is -0.368 e. The summed E-state index contributed by atoms with van der Waals surface area (Å²) < 4.78 is 22.4. The molecular weight excluding hydrogens is 220 g/mol. The van der Waals surface area contributed by atoms with Gasteiger partial charge in [-0.05, 0) is 6.42 Å². The molecule has 0 aromatic heterocycles. The fourth-order valence-corrected chi connectivity index (χ4v) is 2.33. The SMILES string of the molecule is C#CCOCCC12OCC(CCC)(CO1)CO2. The standard InChI is InChI=1S/C13H20O4/c1-3-5-12-9-15-13(16-10-12,17-11-12)6-8-14-7-4-2/h2H,3,5-11H2,1H3. The second kappa shape index (κ2) is 5.36. The summed E-state index contributed by atoms with van der Waals surface area (Å²) in [5.41, 5.74) is 0.0656. The maximum atomic E-state index is 5.72. The molecule has 3 aliphatic rings. The van der Waals surface area contributed by atoms with Crippen LogP contribution >= 0.6 is 0 Å². The third-order valence-corrected chi connectivity index (χ3v) is 3.31. The van der Waals surface area contributed by atoms with E-state index in [-0.39, 0.29) is 5.41 Å². The van der Waals surface area contributed by atoms with E-state index in [1.807, 2.05) is 0 Å². The summed E-state index contributed by atoms with van der Waals surface area (Å²) in [6.07, 6.45) is 7.87. The maximum Gasteiger partial charge on any atom is 0.285 e. The lowest BCUT2D eigenvalue weighted by atomic mass is 9.84. The van der Waals surface area contributed by atoms with Crippen molar-refractivity contribution in [1.29, 1.82) is 0 Å². The van der Waals surface area contributed by atoms with Gasteiger partial charge in [-0.3, -0.25) is 0 Å². The first-order chi connectivity index (χ1) is 8.24. The summed E-state index contributed by atoms with van der Waals surface area (Å²) >= 11 is 0. The molecule has 0 aliphatic carbocycles. The zero-order chi connectivity index (χ0) is 12.2. The second-order valence-electron chi connectivity index (χ2n) is 4.81. The highest BCUT2D eigenvalue weighted by atomic mass is 16.9. The lowest BCUT2D eigenvalue weighted by molar-refractivity contribution is -0.471. The van der Waals surface area contributed by atoms with E-state index in [0.29, 0.717) is 19.6 Å². The van der Waals surface area contributed by atoms with Gasteiger partial charge in [-0.2, -0.15) is 0 Å². The molecule has 17 heavy (non-hydrogen) atoms. The van der Waals surface area contributed by atoms with Crippen molar-refractivity contribution in [2.75, 3.05) is 33.0 Å². The van der Waals surface area contributed by atoms with Crippen molar-refractivity contribution in [3.8, 4) is 12.3 Å². The van der Waals surface area contributed by atoms with Crippen molar-refractivity contribution in [3.05, 3.63) is 0 Å². The van der Waals surface area contributed by atoms with Crippen molar-refractivity contribution in [2.24, 2.45) is 5.41 Å².